The number of hydrogen-bond acceptors (Lipinski definition) is 4. The highest BCUT2D eigenvalue weighted by Crippen LogP contribution is 2.41. The Morgan fingerprint density at radius 2 is 2.04 bits per heavy atom. The molecular weight excluding hydrogens is 353 g/mol. The maximum atomic E-state index is 12.8. The van der Waals surface area contributed by atoms with Crippen LogP contribution >= 0.6 is 0 Å². The Kier molecular flexibility index (Phi) is 4.72. The minimum atomic E-state index is -4.61. The van der Waals surface area contributed by atoms with Gasteiger partial charge >= 0.3 is 6.18 Å². The zero-order valence-electron chi connectivity index (χ0n) is 14.7. The lowest BCUT2D eigenvalue weighted by Gasteiger charge is -2.23. The predicted molar refractivity (Wildman–Crippen MR) is 84.2 cm³/mol. The molecule has 0 saturated carbocycles. The molecule has 2 aliphatic rings. The third-order valence-electron chi connectivity index (χ3n) is 5.20. The van der Waals surface area contributed by atoms with Crippen molar-refractivity contribution in [3.8, 4) is 0 Å². The fourth-order valence-electron chi connectivity index (χ4n) is 3.70. The molecule has 26 heavy (non-hydrogen) atoms. The van der Waals surface area contributed by atoms with Gasteiger partial charge in [0.25, 0.3) is 5.91 Å². The van der Waals surface area contributed by atoms with Gasteiger partial charge in [0.05, 0.1) is 12.0 Å². The Hall–Kier alpha value is -2.10. The van der Waals surface area contributed by atoms with Gasteiger partial charge in [-0.1, -0.05) is 0 Å². The zero-order chi connectivity index (χ0) is 19.1. The number of likely N-dealkylation sites (tertiary alicyclic amines) is 2. The molecule has 1 spiro atoms. The van der Waals surface area contributed by atoms with Gasteiger partial charge in [-0.2, -0.15) is 18.3 Å². The molecule has 2 aliphatic heterocycles. The fourth-order valence-corrected chi connectivity index (χ4v) is 3.70. The second kappa shape index (κ2) is 6.57. The van der Waals surface area contributed by atoms with E-state index in [1.54, 1.807) is 12.0 Å². The smallest absolute Gasteiger partial charge is 0.383 e. The van der Waals surface area contributed by atoms with Crippen LogP contribution in [-0.2, 0) is 22.8 Å². The Morgan fingerprint density at radius 1 is 1.35 bits per heavy atom. The Labute approximate surface area is 148 Å². The number of amides is 2. The molecule has 1 aromatic rings. The van der Waals surface area contributed by atoms with E-state index in [1.807, 2.05) is 0 Å². The normalized spacial score (nSPS) is 23.5. The number of carbonyl (C=O) groups is 2. The first-order chi connectivity index (χ1) is 12.2. The average Bonchev–Trinajstić information content (AvgIpc) is 3.25. The van der Waals surface area contributed by atoms with Crippen molar-refractivity contribution in [2.45, 2.75) is 19.0 Å². The van der Waals surface area contributed by atoms with E-state index in [0.29, 0.717) is 39.1 Å². The van der Waals surface area contributed by atoms with Gasteiger partial charge in [-0.05, 0) is 12.8 Å². The molecule has 2 amide bonds. The number of aromatic nitrogens is 2. The van der Waals surface area contributed by atoms with Crippen LogP contribution in [0.1, 0.15) is 29.0 Å². The average molecular weight is 374 g/mol. The molecule has 0 aliphatic carbocycles. The number of rotatable bonds is 4. The third-order valence-corrected chi connectivity index (χ3v) is 5.20. The molecule has 3 rings (SSSR count). The van der Waals surface area contributed by atoms with Crippen molar-refractivity contribution < 1.29 is 27.5 Å². The second-order valence-electron chi connectivity index (χ2n) is 6.83. The molecule has 144 valence electrons. The van der Waals surface area contributed by atoms with E-state index < -0.39 is 23.2 Å². The lowest BCUT2D eigenvalue weighted by Crippen LogP contribution is -2.39. The van der Waals surface area contributed by atoms with Crippen molar-refractivity contribution in [1.29, 1.82) is 0 Å². The minimum absolute atomic E-state index is 0.00848. The van der Waals surface area contributed by atoms with E-state index in [4.69, 9.17) is 4.74 Å². The Morgan fingerprint density at radius 3 is 2.65 bits per heavy atom. The van der Waals surface area contributed by atoms with Crippen LogP contribution < -0.4 is 0 Å². The molecule has 10 heteroatoms. The molecule has 0 radical (unpaired) electrons. The summed E-state index contributed by atoms with van der Waals surface area (Å²) < 4.78 is 44.3. The highest BCUT2D eigenvalue weighted by molar-refractivity contribution is 5.94. The molecule has 2 fully saturated rings. The first-order valence-corrected chi connectivity index (χ1v) is 8.37. The highest BCUT2D eigenvalue weighted by atomic mass is 19.4. The van der Waals surface area contributed by atoms with Gasteiger partial charge in [0.15, 0.2) is 5.69 Å². The Balaban J connectivity index is 1.72. The van der Waals surface area contributed by atoms with E-state index >= 15 is 0 Å². The van der Waals surface area contributed by atoms with Crippen LogP contribution in [0.2, 0.25) is 0 Å². The maximum absolute atomic E-state index is 12.8. The number of aryl methyl sites for hydroxylation is 1. The molecule has 0 aromatic carbocycles. The Bertz CT molecular complexity index is 718. The van der Waals surface area contributed by atoms with Gasteiger partial charge in [0.1, 0.15) is 5.69 Å². The van der Waals surface area contributed by atoms with Crippen LogP contribution in [0, 0.1) is 5.41 Å². The lowest BCUT2D eigenvalue weighted by molar-refractivity contribution is -0.141. The molecule has 3 heterocycles. The van der Waals surface area contributed by atoms with Gasteiger partial charge in [-0.25, -0.2) is 0 Å². The summed E-state index contributed by atoms with van der Waals surface area (Å²) in [4.78, 5) is 28.5. The predicted octanol–water partition coefficient (Wildman–Crippen LogP) is 1.15. The first-order valence-electron chi connectivity index (χ1n) is 8.37. The number of nitrogens with zero attached hydrogens (tertiary/aromatic N) is 4. The van der Waals surface area contributed by atoms with Gasteiger partial charge < -0.3 is 14.5 Å². The number of carbonyl (C=O) groups excluding carboxylic acids is 2. The van der Waals surface area contributed by atoms with Crippen molar-refractivity contribution >= 4 is 11.8 Å². The summed E-state index contributed by atoms with van der Waals surface area (Å²) in [5, 5.41) is 3.38. The SMILES string of the molecule is COCCN1CCC2(CCN(C(=O)c3cc(C(F)(F)F)nn3C)C2)C1=O. The molecule has 1 unspecified atom stereocenters. The van der Waals surface area contributed by atoms with Gasteiger partial charge in [0.2, 0.25) is 5.91 Å². The number of halogens is 3. The standard InChI is InChI=1S/C16H21F3N4O3/c1-21-11(9-12(20-21)16(17,18)19)13(24)23-6-4-15(10-23)3-5-22(14(15)25)7-8-26-2/h9H,3-8,10H2,1-2H3. The summed E-state index contributed by atoms with van der Waals surface area (Å²) in [7, 11) is 2.87. The van der Waals surface area contributed by atoms with Crippen molar-refractivity contribution in [3.05, 3.63) is 17.5 Å². The number of methoxy groups -OCH3 is 1. The van der Waals surface area contributed by atoms with Gasteiger partial charge in [-0.15, -0.1) is 0 Å². The maximum Gasteiger partial charge on any atom is 0.435 e. The van der Waals surface area contributed by atoms with E-state index in [9.17, 15) is 22.8 Å². The molecule has 0 bridgehead atoms. The molecule has 1 aromatic heterocycles. The van der Waals surface area contributed by atoms with Crippen molar-refractivity contribution in [1.82, 2.24) is 19.6 Å². The summed E-state index contributed by atoms with van der Waals surface area (Å²) in [6.07, 6.45) is -3.45. The quantitative estimate of drug-likeness (QED) is 0.793. The number of hydrogen-bond donors (Lipinski definition) is 0. The van der Waals surface area contributed by atoms with Crippen molar-refractivity contribution in [3.63, 3.8) is 0 Å². The zero-order valence-corrected chi connectivity index (χ0v) is 14.7. The first kappa shape index (κ1) is 18.7. The third kappa shape index (κ3) is 3.17. The van der Waals surface area contributed by atoms with Crippen LogP contribution in [0.25, 0.3) is 0 Å². The van der Waals surface area contributed by atoms with E-state index in [1.165, 1.54) is 11.9 Å². The lowest BCUT2D eigenvalue weighted by atomic mass is 9.85. The van der Waals surface area contributed by atoms with Crippen LogP contribution in [0.15, 0.2) is 6.07 Å². The summed E-state index contributed by atoms with van der Waals surface area (Å²) >= 11 is 0. The van der Waals surface area contributed by atoms with E-state index in [-0.39, 0.29) is 18.1 Å². The summed E-state index contributed by atoms with van der Waals surface area (Å²) in [5.41, 5.74) is -1.86. The van der Waals surface area contributed by atoms with E-state index in [2.05, 4.69) is 5.10 Å². The summed E-state index contributed by atoms with van der Waals surface area (Å²) in [5.74, 6) is -0.540. The summed E-state index contributed by atoms with van der Waals surface area (Å²) in [6, 6.07) is 0.759. The molecule has 0 N–H and O–H groups in total. The summed E-state index contributed by atoms with van der Waals surface area (Å²) in [6.45, 7) is 2.12. The van der Waals surface area contributed by atoms with Crippen LogP contribution in [0.3, 0.4) is 0 Å². The van der Waals surface area contributed by atoms with Crippen LogP contribution in [0.4, 0.5) is 13.2 Å². The van der Waals surface area contributed by atoms with Crippen LogP contribution in [0.5, 0.6) is 0 Å². The van der Waals surface area contributed by atoms with Crippen molar-refractivity contribution in [2.75, 3.05) is 39.9 Å². The molecule has 2 saturated heterocycles. The largest absolute Gasteiger partial charge is 0.435 e. The topological polar surface area (TPSA) is 67.7 Å². The second-order valence-corrected chi connectivity index (χ2v) is 6.83. The highest BCUT2D eigenvalue weighted by Gasteiger charge is 2.51. The number of ether oxygens (including phenoxy) is 1. The monoisotopic (exact) mass is 374 g/mol. The number of alkyl halides is 3. The van der Waals surface area contributed by atoms with E-state index in [0.717, 1.165) is 10.7 Å². The van der Waals surface area contributed by atoms with Crippen molar-refractivity contribution in [2.24, 2.45) is 12.5 Å². The fraction of sp³-hybridized carbons (Fsp3) is 0.688. The van der Waals surface area contributed by atoms with Gasteiger partial charge in [0, 0.05) is 46.4 Å². The van der Waals surface area contributed by atoms with Crippen LogP contribution in [-0.4, -0.2) is 71.3 Å². The molecule has 7 nitrogen and oxygen atoms in total. The molecular formula is C16H21F3N4O3. The van der Waals surface area contributed by atoms with Gasteiger partial charge in [-0.3, -0.25) is 14.3 Å². The minimum Gasteiger partial charge on any atom is -0.383 e. The molecule has 1 atom stereocenters.